The smallest absolute Gasteiger partial charge is 0.124 e. The lowest BCUT2D eigenvalue weighted by Crippen LogP contribution is -2.38. The van der Waals surface area contributed by atoms with E-state index in [4.69, 9.17) is 10.5 Å². The van der Waals surface area contributed by atoms with Gasteiger partial charge in [0.15, 0.2) is 0 Å². The molecule has 1 aliphatic rings. The van der Waals surface area contributed by atoms with Crippen molar-refractivity contribution in [1.82, 2.24) is 0 Å². The third kappa shape index (κ3) is 3.21. The summed E-state index contributed by atoms with van der Waals surface area (Å²) in [4.78, 5) is 0. The van der Waals surface area contributed by atoms with Crippen LogP contribution in [0.5, 0.6) is 5.75 Å². The molecular weight excluding hydrogens is 233 g/mol. The molecule has 1 saturated carbocycles. The molecule has 18 heavy (non-hydrogen) atoms. The second-order valence-corrected chi connectivity index (χ2v) is 5.03. The summed E-state index contributed by atoms with van der Waals surface area (Å²) in [6, 6.07) is 4.30. The van der Waals surface area contributed by atoms with E-state index in [2.05, 4.69) is 0 Å². The summed E-state index contributed by atoms with van der Waals surface area (Å²) in [5, 5.41) is 10.3. The molecule has 0 amide bonds. The number of ether oxygens (including phenoxy) is 1. The Morgan fingerprint density at radius 3 is 2.67 bits per heavy atom. The molecule has 4 heteroatoms. The van der Waals surface area contributed by atoms with Crippen molar-refractivity contribution in [2.45, 2.75) is 44.2 Å². The average Bonchev–Trinajstić information content (AvgIpc) is 2.38. The molecule has 1 aliphatic carbocycles. The summed E-state index contributed by atoms with van der Waals surface area (Å²) in [7, 11) is 0. The molecule has 0 saturated heterocycles. The van der Waals surface area contributed by atoms with Crippen molar-refractivity contribution in [3.05, 3.63) is 29.6 Å². The van der Waals surface area contributed by atoms with Gasteiger partial charge < -0.3 is 15.6 Å². The van der Waals surface area contributed by atoms with E-state index in [1.165, 1.54) is 18.6 Å². The fraction of sp³-hybridized carbons (Fsp3) is 0.571. The van der Waals surface area contributed by atoms with E-state index in [9.17, 15) is 9.50 Å². The Hall–Kier alpha value is -1.13. The number of aliphatic hydroxyl groups is 1. The van der Waals surface area contributed by atoms with Crippen LogP contribution >= 0.6 is 0 Å². The van der Waals surface area contributed by atoms with Gasteiger partial charge in [0.1, 0.15) is 18.2 Å². The number of halogens is 1. The van der Waals surface area contributed by atoms with Crippen LogP contribution in [0.4, 0.5) is 4.39 Å². The first kappa shape index (κ1) is 13.3. The maximum absolute atomic E-state index is 13.0. The summed E-state index contributed by atoms with van der Waals surface area (Å²) >= 11 is 0. The zero-order valence-electron chi connectivity index (χ0n) is 10.5. The van der Waals surface area contributed by atoms with E-state index in [1.54, 1.807) is 6.07 Å². The number of nitrogens with two attached hydrogens (primary N) is 1. The first-order valence-electron chi connectivity index (χ1n) is 6.47. The number of benzene rings is 1. The molecule has 0 aromatic heterocycles. The largest absolute Gasteiger partial charge is 0.490 e. The predicted molar refractivity (Wildman–Crippen MR) is 67.8 cm³/mol. The van der Waals surface area contributed by atoms with Crippen molar-refractivity contribution in [3.63, 3.8) is 0 Å². The summed E-state index contributed by atoms with van der Waals surface area (Å²) in [5.41, 5.74) is 5.45. The first-order valence-corrected chi connectivity index (χ1v) is 6.47. The van der Waals surface area contributed by atoms with Crippen LogP contribution in [-0.4, -0.2) is 17.3 Å². The minimum Gasteiger partial charge on any atom is -0.490 e. The van der Waals surface area contributed by atoms with Gasteiger partial charge in [0, 0.05) is 12.1 Å². The molecule has 0 atom stereocenters. The Bertz CT molecular complexity index is 403. The Morgan fingerprint density at radius 1 is 1.28 bits per heavy atom. The van der Waals surface area contributed by atoms with Gasteiger partial charge in [0.25, 0.3) is 0 Å². The Balaban J connectivity index is 2.01. The maximum atomic E-state index is 13.0. The second-order valence-electron chi connectivity index (χ2n) is 5.03. The van der Waals surface area contributed by atoms with Gasteiger partial charge in [0.05, 0.1) is 5.60 Å². The molecule has 3 nitrogen and oxygen atoms in total. The summed E-state index contributed by atoms with van der Waals surface area (Å²) < 4.78 is 18.7. The minimum absolute atomic E-state index is 0.228. The minimum atomic E-state index is -0.738. The van der Waals surface area contributed by atoms with Crippen molar-refractivity contribution < 1.29 is 14.2 Å². The highest BCUT2D eigenvalue weighted by molar-refractivity contribution is 5.33. The van der Waals surface area contributed by atoms with Gasteiger partial charge in [-0.05, 0) is 31.0 Å². The van der Waals surface area contributed by atoms with Crippen molar-refractivity contribution in [1.29, 1.82) is 0 Å². The molecular formula is C14H20FNO2. The highest BCUT2D eigenvalue weighted by Gasteiger charge is 2.30. The normalized spacial score (nSPS) is 18.6. The Morgan fingerprint density at radius 2 is 2.00 bits per heavy atom. The zero-order chi connectivity index (χ0) is 13.0. The molecule has 1 aromatic rings. The first-order chi connectivity index (χ1) is 8.63. The second kappa shape index (κ2) is 5.67. The van der Waals surface area contributed by atoms with Crippen LogP contribution in [0.2, 0.25) is 0 Å². The summed E-state index contributed by atoms with van der Waals surface area (Å²) in [5.74, 6) is 0.247. The number of hydrogen-bond acceptors (Lipinski definition) is 3. The average molecular weight is 253 g/mol. The van der Waals surface area contributed by atoms with Gasteiger partial charge in [-0.25, -0.2) is 4.39 Å². The SMILES string of the molecule is NCc1cc(F)ccc1OCC1(O)CCCCC1. The highest BCUT2D eigenvalue weighted by Crippen LogP contribution is 2.29. The molecule has 0 bridgehead atoms. The third-order valence-corrected chi connectivity index (χ3v) is 3.52. The van der Waals surface area contributed by atoms with Crippen LogP contribution in [0.15, 0.2) is 18.2 Å². The van der Waals surface area contributed by atoms with Crippen LogP contribution in [0.25, 0.3) is 0 Å². The predicted octanol–water partition coefficient (Wildman–Crippen LogP) is 2.36. The zero-order valence-corrected chi connectivity index (χ0v) is 10.5. The molecule has 0 spiro atoms. The molecule has 0 aliphatic heterocycles. The summed E-state index contributed by atoms with van der Waals surface area (Å²) in [6.45, 7) is 0.483. The molecule has 0 heterocycles. The lowest BCUT2D eigenvalue weighted by molar-refractivity contribution is -0.0341. The van der Waals surface area contributed by atoms with E-state index in [0.29, 0.717) is 11.3 Å². The molecule has 0 radical (unpaired) electrons. The van der Waals surface area contributed by atoms with Gasteiger partial charge >= 0.3 is 0 Å². The quantitative estimate of drug-likeness (QED) is 0.866. The van der Waals surface area contributed by atoms with E-state index >= 15 is 0 Å². The van der Waals surface area contributed by atoms with Crippen LogP contribution in [-0.2, 0) is 6.54 Å². The van der Waals surface area contributed by atoms with Crippen LogP contribution < -0.4 is 10.5 Å². The molecule has 0 unspecified atom stereocenters. The van der Waals surface area contributed by atoms with Crippen LogP contribution in [0.3, 0.4) is 0 Å². The lowest BCUT2D eigenvalue weighted by Gasteiger charge is -2.31. The van der Waals surface area contributed by atoms with Gasteiger partial charge in [-0.15, -0.1) is 0 Å². The van der Waals surface area contributed by atoms with Crippen molar-refractivity contribution in [2.75, 3.05) is 6.61 Å². The molecule has 2 rings (SSSR count). The van der Waals surface area contributed by atoms with Crippen molar-refractivity contribution >= 4 is 0 Å². The summed E-state index contributed by atoms with van der Waals surface area (Å²) in [6.07, 6.45) is 4.78. The topological polar surface area (TPSA) is 55.5 Å². The van der Waals surface area contributed by atoms with Gasteiger partial charge in [-0.2, -0.15) is 0 Å². The van der Waals surface area contributed by atoms with Gasteiger partial charge in [-0.3, -0.25) is 0 Å². The Kier molecular flexibility index (Phi) is 4.19. The van der Waals surface area contributed by atoms with E-state index in [-0.39, 0.29) is 19.0 Å². The molecule has 1 aromatic carbocycles. The lowest BCUT2D eigenvalue weighted by atomic mass is 9.85. The Labute approximate surface area is 107 Å². The van der Waals surface area contributed by atoms with Crippen molar-refractivity contribution in [2.24, 2.45) is 5.73 Å². The van der Waals surface area contributed by atoms with Crippen LogP contribution in [0, 0.1) is 5.82 Å². The fourth-order valence-electron chi connectivity index (χ4n) is 2.41. The molecule has 1 fully saturated rings. The number of rotatable bonds is 4. The highest BCUT2D eigenvalue weighted by atomic mass is 19.1. The van der Waals surface area contributed by atoms with E-state index in [1.807, 2.05) is 0 Å². The van der Waals surface area contributed by atoms with Gasteiger partial charge in [0.2, 0.25) is 0 Å². The van der Waals surface area contributed by atoms with E-state index in [0.717, 1.165) is 25.7 Å². The maximum Gasteiger partial charge on any atom is 0.124 e. The molecule has 3 N–H and O–H groups in total. The van der Waals surface area contributed by atoms with E-state index < -0.39 is 5.60 Å². The van der Waals surface area contributed by atoms with Gasteiger partial charge in [-0.1, -0.05) is 19.3 Å². The number of hydrogen-bond donors (Lipinski definition) is 2. The standard InChI is InChI=1S/C14H20FNO2/c15-12-4-5-13(11(8-12)9-16)18-10-14(17)6-2-1-3-7-14/h4-5,8,17H,1-3,6-7,9-10,16H2. The fourth-order valence-corrected chi connectivity index (χ4v) is 2.41. The molecule has 100 valence electrons. The monoisotopic (exact) mass is 253 g/mol. The third-order valence-electron chi connectivity index (χ3n) is 3.52. The van der Waals surface area contributed by atoms with Crippen molar-refractivity contribution in [3.8, 4) is 5.75 Å². The van der Waals surface area contributed by atoms with Crippen LogP contribution in [0.1, 0.15) is 37.7 Å².